The summed E-state index contributed by atoms with van der Waals surface area (Å²) in [4.78, 5) is 23.6. The van der Waals surface area contributed by atoms with Crippen LogP contribution < -0.4 is 10.9 Å². The molecule has 2 N–H and O–H groups in total. The van der Waals surface area contributed by atoms with Gasteiger partial charge in [0.25, 0.3) is 0 Å². The van der Waals surface area contributed by atoms with Crippen LogP contribution >= 0.6 is 11.3 Å². The van der Waals surface area contributed by atoms with Gasteiger partial charge in [-0.1, -0.05) is 60.2 Å². The molecule has 2 atom stereocenters. The van der Waals surface area contributed by atoms with Crippen LogP contribution in [0.2, 0.25) is 0 Å². The number of nitrogens with one attached hydrogen (secondary N) is 2. The van der Waals surface area contributed by atoms with Gasteiger partial charge in [-0.15, -0.1) is 11.3 Å². The maximum Gasteiger partial charge on any atom is 0.241 e. The molecular weight excluding hydrogens is 430 g/mol. The molecule has 6 nitrogen and oxygen atoms in total. The molecule has 0 spiro atoms. The fourth-order valence-electron chi connectivity index (χ4n) is 4.63. The Bertz CT molecular complexity index is 1090. The van der Waals surface area contributed by atoms with Crippen LogP contribution in [0.25, 0.3) is 10.6 Å². The van der Waals surface area contributed by atoms with Gasteiger partial charge in [0.2, 0.25) is 5.91 Å². The van der Waals surface area contributed by atoms with Crippen LogP contribution in [0.3, 0.4) is 0 Å². The number of carbonyl (C=O) groups is 1. The Morgan fingerprint density at radius 3 is 2.45 bits per heavy atom. The van der Waals surface area contributed by atoms with Crippen molar-refractivity contribution >= 4 is 17.2 Å². The quantitative estimate of drug-likeness (QED) is 0.607. The number of piperazine rings is 1. The minimum atomic E-state index is -0.194. The molecule has 0 bridgehead atoms. The molecule has 0 aliphatic carbocycles. The summed E-state index contributed by atoms with van der Waals surface area (Å²) in [6, 6.07) is 18.9. The van der Waals surface area contributed by atoms with Gasteiger partial charge in [-0.2, -0.15) is 0 Å². The average molecular weight is 462 g/mol. The highest BCUT2D eigenvalue weighted by atomic mass is 32.1. The molecule has 172 valence electrons. The van der Waals surface area contributed by atoms with Crippen LogP contribution in [-0.4, -0.2) is 52.9 Å². The number of hydrogen-bond acceptors (Lipinski definition) is 6. The zero-order chi connectivity index (χ0) is 22.8. The monoisotopic (exact) mass is 461 g/mol. The van der Waals surface area contributed by atoms with Gasteiger partial charge in [0.1, 0.15) is 11.0 Å². The number of hydrazine groups is 1. The van der Waals surface area contributed by atoms with E-state index in [1.54, 1.807) is 11.3 Å². The number of aromatic nitrogens is 1. The maximum atomic E-state index is 13.2. The molecule has 3 aromatic rings. The minimum absolute atomic E-state index is 0.106. The highest BCUT2D eigenvalue weighted by molar-refractivity contribution is 7.15. The van der Waals surface area contributed by atoms with Crippen LogP contribution in [-0.2, 0) is 11.3 Å². The minimum Gasteiger partial charge on any atom is -0.339 e. The van der Waals surface area contributed by atoms with Crippen LogP contribution in [0.5, 0.6) is 0 Å². The van der Waals surface area contributed by atoms with Crippen molar-refractivity contribution in [3.8, 4) is 10.6 Å². The predicted molar refractivity (Wildman–Crippen MR) is 133 cm³/mol. The average Bonchev–Trinajstić information content (AvgIpc) is 3.47. The summed E-state index contributed by atoms with van der Waals surface area (Å²) >= 11 is 1.72. The van der Waals surface area contributed by atoms with Crippen molar-refractivity contribution < 1.29 is 4.79 Å². The molecule has 1 amide bonds. The molecule has 33 heavy (non-hydrogen) atoms. The number of rotatable bonds is 5. The van der Waals surface area contributed by atoms with Crippen molar-refractivity contribution in [3.05, 3.63) is 76.3 Å². The van der Waals surface area contributed by atoms with Crippen LogP contribution in [0, 0.1) is 13.8 Å². The second-order valence-electron chi connectivity index (χ2n) is 9.05. The fourth-order valence-corrected chi connectivity index (χ4v) is 5.76. The summed E-state index contributed by atoms with van der Waals surface area (Å²) in [7, 11) is 0. The number of aryl methyl sites for hydroxylation is 2. The second kappa shape index (κ2) is 9.73. The lowest BCUT2D eigenvalue weighted by Gasteiger charge is -2.35. The predicted octanol–water partition coefficient (Wildman–Crippen LogP) is 3.68. The third kappa shape index (κ3) is 5.01. The number of benzene rings is 2. The third-order valence-electron chi connectivity index (χ3n) is 6.58. The lowest BCUT2D eigenvalue weighted by molar-refractivity contribution is -0.135. The first kappa shape index (κ1) is 22.2. The summed E-state index contributed by atoms with van der Waals surface area (Å²) in [5.41, 5.74) is 11.4. The van der Waals surface area contributed by atoms with Crippen molar-refractivity contribution in [2.24, 2.45) is 0 Å². The van der Waals surface area contributed by atoms with Gasteiger partial charge < -0.3 is 4.90 Å². The van der Waals surface area contributed by atoms with E-state index in [4.69, 9.17) is 4.98 Å². The van der Waals surface area contributed by atoms with Crippen LogP contribution in [0.4, 0.5) is 0 Å². The molecule has 2 saturated heterocycles. The molecule has 3 heterocycles. The number of thiazole rings is 1. The first-order chi connectivity index (χ1) is 16.1. The normalized spacial score (nSPS) is 21.5. The van der Waals surface area contributed by atoms with E-state index in [-0.39, 0.29) is 18.0 Å². The van der Waals surface area contributed by atoms with E-state index >= 15 is 0 Å². The third-order valence-corrected chi connectivity index (χ3v) is 7.90. The smallest absolute Gasteiger partial charge is 0.241 e. The molecular formula is C26H31N5OS. The van der Waals surface area contributed by atoms with Crippen molar-refractivity contribution in [1.82, 2.24) is 25.6 Å². The Morgan fingerprint density at radius 2 is 1.73 bits per heavy atom. The number of nitrogens with zero attached hydrogens (tertiary/aromatic N) is 3. The topological polar surface area (TPSA) is 60.5 Å². The lowest BCUT2D eigenvalue weighted by Crippen LogP contribution is -2.53. The van der Waals surface area contributed by atoms with E-state index < -0.39 is 0 Å². The largest absolute Gasteiger partial charge is 0.339 e. The molecule has 0 saturated carbocycles. The lowest BCUT2D eigenvalue weighted by atomic mass is 10.1. The highest BCUT2D eigenvalue weighted by Crippen LogP contribution is 2.35. The maximum absolute atomic E-state index is 13.2. The summed E-state index contributed by atoms with van der Waals surface area (Å²) < 4.78 is 0. The van der Waals surface area contributed by atoms with E-state index in [9.17, 15) is 4.79 Å². The molecule has 2 fully saturated rings. The Balaban J connectivity index is 1.17. The van der Waals surface area contributed by atoms with E-state index in [0.717, 1.165) is 55.4 Å². The zero-order valence-corrected chi connectivity index (χ0v) is 20.1. The molecule has 5 rings (SSSR count). The fraction of sp³-hybridized carbons (Fsp3) is 0.385. The SMILES string of the molecule is Cc1ccc(-c2nc(C)c(C3CC(C(=O)N4CCN(Cc5ccccc5)CC4)NN3)s2)cc1. The number of amides is 1. The molecule has 2 aromatic carbocycles. The summed E-state index contributed by atoms with van der Waals surface area (Å²) in [6.45, 7) is 8.50. The summed E-state index contributed by atoms with van der Waals surface area (Å²) in [5.74, 6) is 0.199. The standard InChI is InChI=1S/C26H31N5OS/c1-18-8-10-21(11-9-18)25-27-19(2)24(33-25)22-16-23(29-28-22)26(32)31-14-12-30(13-15-31)17-20-6-4-3-5-7-20/h3-11,22-23,28-29H,12-17H2,1-2H3. The van der Waals surface area contributed by atoms with E-state index in [1.807, 2.05) is 11.0 Å². The Hall–Kier alpha value is -2.58. The Labute approximate surface area is 199 Å². The van der Waals surface area contributed by atoms with Crippen molar-refractivity contribution in [2.75, 3.05) is 26.2 Å². The van der Waals surface area contributed by atoms with E-state index in [1.165, 1.54) is 16.0 Å². The van der Waals surface area contributed by atoms with Crippen LogP contribution in [0.1, 0.15) is 34.2 Å². The van der Waals surface area contributed by atoms with Gasteiger partial charge in [0.05, 0.1) is 11.7 Å². The molecule has 0 radical (unpaired) electrons. The molecule has 2 aliphatic heterocycles. The van der Waals surface area contributed by atoms with E-state index in [0.29, 0.717) is 0 Å². The molecule has 2 unspecified atom stereocenters. The van der Waals surface area contributed by atoms with E-state index in [2.05, 4.69) is 78.1 Å². The first-order valence-corrected chi connectivity index (χ1v) is 12.5. The Kier molecular flexibility index (Phi) is 6.55. The molecule has 7 heteroatoms. The molecule has 1 aromatic heterocycles. The van der Waals surface area contributed by atoms with Gasteiger partial charge in [-0.3, -0.25) is 9.69 Å². The summed E-state index contributed by atoms with van der Waals surface area (Å²) in [5, 5.41) is 1.04. The first-order valence-electron chi connectivity index (χ1n) is 11.7. The van der Waals surface area contributed by atoms with Crippen molar-refractivity contribution in [3.63, 3.8) is 0 Å². The summed E-state index contributed by atoms with van der Waals surface area (Å²) in [6.07, 6.45) is 0.749. The Morgan fingerprint density at radius 1 is 1.00 bits per heavy atom. The van der Waals surface area contributed by atoms with Gasteiger partial charge in [-0.05, 0) is 25.8 Å². The van der Waals surface area contributed by atoms with Gasteiger partial charge in [-0.25, -0.2) is 15.8 Å². The zero-order valence-electron chi connectivity index (χ0n) is 19.3. The van der Waals surface area contributed by atoms with Gasteiger partial charge >= 0.3 is 0 Å². The number of carbonyl (C=O) groups excluding carboxylic acids is 1. The number of hydrogen-bond donors (Lipinski definition) is 2. The van der Waals surface area contributed by atoms with Gasteiger partial charge in [0, 0.05) is 43.2 Å². The van der Waals surface area contributed by atoms with Gasteiger partial charge in [0.15, 0.2) is 0 Å². The van der Waals surface area contributed by atoms with Crippen molar-refractivity contribution in [2.45, 2.75) is 38.9 Å². The van der Waals surface area contributed by atoms with Crippen molar-refractivity contribution in [1.29, 1.82) is 0 Å². The molecule has 2 aliphatic rings. The highest BCUT2D eigenvalue weighted by Gasteiger charge is 2.35. The second-order valence-corrected chi connectivity index (χ2v) is 10.1. The van der Waals surface area contributed by atoms with Crippen LogP contribution in [0.15, 0.2) is 54.6 Å².